The third kappa shape index (κ3) is 2.39. The Morgan fingerprint density at radius 1 is 1.09 bits per heavy atom. The molecule has 0 aromatic carbocycles. The van der Waals surface area contributed by atoms with Crippen molar-refractivity contribution in [1.82, 2.24) is 0 Å². The summed E-state index contributed by atoms with van der Waals surface area (Å²) in [6.45, 7) is 2.36. The first-order chi connectivity index (χ1) is 11.0. The molecule has 4 aliphatic rings. The van der Waals surface area contributed by atoms with Crippen LogP contribution >= 0.6 is 22.6 Å². The van der Waals surface area contributed by atoms with Crippen LogP contribution in [0.5, 0.6) is 0 Å². The van der Waals surface area contributed by atoms with Crippen molar-refractivity contribution >= 4 is 28.4 Å². The Morgan fingerprint density at radius 2 is 1.91 bits per heavy atom. The topological polar surface area (TPSA) is 37.3 Å². The highest BCUT2D eigenvalue weighted by Gasteiger charge is 2.61. The molecule has 0 radical (unpaired) electrons. The predicted octanol–water partition coefficient (Wildman–Crippen LogP) is 4.89. The summed E-state index contributed by atoms with van der Waals surface area (Å²) in [6.07, 6.45) is 12.0. The standard InChI is InChI=1S/C20H29IO2/c1-19-8-6-16-15-5-3-14(22)12-13(15)2-4-17(16)18(19)7-9-20(19,23)10-11-21/h10-11,13,15-18,23H,2-9,12H2,1H3/b11-10-/t13-,15-,16+,17+,18-,19-,20+/m0/s1. The molecule has 0 spiro atoms. The minimum absolute atomic E-state index is 0.0627. The van der Waals surface area contributed by atoms with Crippen molar-refractivity contribution in [2.75, 3.05) is 0 Å². The molecule has 23 heavy (non-hydrogen) atoms. The van der Waals surface area contributed by atoms with Gasteiger partial charge in [-0.1, -0.05) is 29.5 Å². The van der Waals surface area contributed by atoms with E-state index in [0.717, 1.165) is 49.9 Å². The van der Waals surface area contributed by atoms with E-state index in [2.05, 4.69) is 35.6 Å². The predicted molar refractivity (Wildman–Crippen MR) is 100 cm³/mol. The molecule has 0 saturated heterocycles. The van der Waals surface area contributed by atoms with Crippen LogP contribution in [0.1, 0.15) is 64.7 Å². The van der Waals surface area contributed by atoms with Crippen LogP contribution in [0.15, 0.2) is 10.2 Å². The van der Waals surface area contributed by atoms with Gasteiger partial charge in [-0.25, -0.2) is 0 Å². The Balaban J connectivity index is 1.60. The summed E-state index contributed by atoms with van der Waals surface area (Å²) >= 11 is 2.25. The summed E-state index contributed by atoms with van der Waals surface area (Å²) in [7, 11) is 0. The maximum Gasteiger partial charge on any atom is 0.133 e. The first kappa shape index (κ1) is 16.6. The van der Waals surface area contributed by atoms with Gasteiger partial charge in [0.15, 0.2) is 0 Å². The number of rotatable bonds is 1. The Hall–Kier alpha value is 0.100. The molecule has 128 valence electrons. The van der Waals surface area contributed by atoms with Crippen LogP contribution in [-0.2, 0) is 4.79 Å². The van der Waals surface area contributed by atoms with Crippen molar-refractivity contribution < 1.29 is 9.90 Å². The van der Waals surface area contributed by atoms with Crippen LogP contribution in [0.2, 0.25) is 0 Å². The highest BCUT2D eigenvalue weighted by Crippen LogP contribution is 2.65. The summed E-state index contributed by atoms with van der Waals surface area (Å²) < 4.78 is 2.02. The van der Waals surface area contributed by atoms with Gasteiger partial charge in [-0.05, 0) is 84.7 Å². The third-order valence-corrected chi connectivity index (χ3v) is 8.68. The van der Waals surface area contributed by atoms with Crippen molar-refractivity contribution in [2.45, 2.75) is 70.3 Å². The number of hydrogen-bond acceptors (Lipinski definition) is 2. The van der Waals surface area contributed by atoms with Crippen LogP contribution in [-0.4, -0.2) is 16.5 Å². The van der Waals surface area contributed by atoms with E-state index in [1.807, 2.05) is 4.08 Å². The average molecular weight is 428 g/mol. The summed E-state index contributed by atoms with van der Waals surface area (Å²) in [5.74, 6) is 4.28. The zero-order valence-electron chi connectivity index (χ0n) is 14.1. The molecule has 0 aliphatic heterocycles. The molecule has 0 aromatic rings. The van der Waals surface area contributed by atoms with E-state index in [1.54, 1.807) is 0 Å². The van der Waals surface area contributed by atoms with Gasteiger partial charge in [-0.15, -0.1) is 0 Å². The van der Waals surface area contributed by atoms with Crippen LogP contribution < -0.4 is 0 Å². The molecular formula is C20H29IO2. The van der Waals surface area contributed by atoms with Crippen LogP contribution in [0.25, 0.3) is 0 Å². The Bertz CT molecular complexity index is 530. The molecule has 1 N–H and O–H groups in total. The van der Waals surface area contributed by atoms with Gasteiger partial charge in [-0.2, -0.15) is 0 Å². The van der Waals surface area contributed by atoms with Gasteiger partial charge in [0.2, 0.25) is 0 Å². The van der Waals surface area contributed by atoms with Gasteiger partial charge >= 0.3 is 0 Å². The van der Waals surface area contributed by atoms with Crippen molar-refractivity contribution in [3.05, 3.63) is 10.2 Å². The van der Waals surface area contributed by atoms with Gasteiger partial charge in [0.1, 0.15) is 5.78 Å². The number of aliphatic hydroxyl groups is 1. The fraction of sp³-hybridized carbons (Fsp3) is 0.850. The van der Waals surface area contributed by atoms with Crippen molar-refractivity contribution in [3.63, 3.8) is 0 Å². The SMILES string of the molecule is C[C@]12CC[C@H]3[C@@H](CC[C@H]4CC(=O)CC[C@@H]43)[C@@H]1CC[C@@]2(O)/C=C\I. The van der Waals surface area contributed by atoms with E-state index >= 15 is 0 Å². The van der Waals surface area contributed by atoms with Crippen molar-refractivity contribution in [2.24, 2.45) is 35.0 Å². The Labute approximate surface area is 153 Å². The van der Waals surface area contributed by atoms with Gasteiger partial charge in [0.05, 0.1) is 5.60 Å². The molecule has 4 rings (SSSR count). The Kier molecular flexibility index (Phi) is 4.19. The van der Waals surface area contributed by atoms with Crippen molar-refractivity contribution in [1.29, 1.82) is 0 Å². The van der Waals surface area contributed by atoms with E-state index in [0.29, 0.717) is 17.6 Å². The number of fused-ring (bicyclic) bond motifs is 5. The third-order valence-electron chi connectivity index (χ3n) is 8.32. The average Bonchev–Trinajstić information content (AvgIpc) is 2.79. The second kappa shape index (κ2) is 5.82. The van der Waals surface area contributed by atoms with E-state index in [-0.39, 0.29) is 5.41 Å². The molecule has 0 heterocycles. The molecule has 0 aromatic heterocycles. The summed E-state index contributed by atoms with van der Waals surface area (Å²) in [4.78, 5) is 11.8. The molecule has 7 atom stereocenters. The fourth-order valence-electron chi connectivity index (χ4n) is 7.09. The molecule has 4 aliphatic carbocycles. The molecule has 4 saturated carbocycles. The minimum Gasteiger partial charge on any atom is -0.385 e. The lowest BCUT2D eigenvalue weighted by molar-refractivity contribution is -0.131. The van der Waals surface area contributed by atoms with Gasteiger partial charge in [0.25, 0.3) is 0 Å². The number of halogens is 1. The maximum absolute atomic E-state index is 11.8. The number of ketones is 1. The molecule has 4 fully saturated rings. The van der Waals surface area contributed by atoms with E-state index < -0.39 is 5.60 Å². The van der Waals surface area contributed by atoms with Crippen LogP contribution in [0.4, 0.5) is 0 Å². The quantitative estimate of drug-likeness (QED) is 0.604. The lowest BCUT2D eigenvalue weighted by Gasteiger charge is -2.56. The monoisotopic (exact) mass is 428 g/mol. The molecular weight excluding hydrogens is 399 g/mol. The number of Topliss-reactive ketones (excluding diaryl/α,β-unsaturated/α-hetero) is 1. The smallest absolute Gasteiger partial charge is 0.133 e. The van der Waals surface area contributed by atoms with Gasteiger partial charge < -0.3 is 5.11 Å². The molecule has 0 unspecified atom stereocenters. The zero-order valence-corrected chi connectivity index (χ0v) is 16.3. The van der Waals surface area contributed by atoms with E-state index in [4.69, 9.17) is 0 Å². The molecule has 0 bridgehead atoms. The summed E-state index contributed by atoms with van der Waals surface area (Å²) in [6, 6.07) is 0. The van der Waals surface area contributed by atoms with Gasteiger partial charge in [0, 0.05) is 18.3 Å². The fourth-order valence-corrected chi connectivity index (χ4v) is 7.68. The molecule has 3 heteroatoms. The molecule has 0 amide bonds. The maximum atomic E-state index is 11.8. The first-order valence-corrected chi connectivity index (χ1v) is 10.7. The number of carbonyl (C=O) groups excluding carboxylic acids is 1. The largest absolute Gasteiger partial charge is 0.385 e. The number of hydrogen-bond donors (Lipinski definition) is 1. The first-order valence-electron chi connectivity index (χ1n) is 9.50. The van der Waals surface area contributed by atoms with Crippen LogP contribution in [0, 0.1) is 35.0 Å². The summed E-state index contributed by atoms with van der Waals surface area (Å²) in [5.41, 5.74) is -0.531. The second-order valence-electron chi connectivity index (χ2n) is 8.93. The van der Waals surface area contributed by atoms with E-state index in [9.17, 15) is 9.90 Å². The van der Waals surface area contributed by atoms with Crippen molar-refractivity contribution in [3.8, 4) is 0 Å². The number of carbonyl (C=O) groups is 1. The lowest BCUT2D eigenvalue weighted by atomic mass is 9.49. The normalized spacial score (nSPS) is 53.0. The van der Waals surface area contributed by atoms with Gasteiger partial charge in [-0.3, -0.25) is 4.79 Å². The molecule has 2 nitrogen and oxygen atoms in total. The zero-order chi connectivity index (χ0) is 16.2. The highest BCUT2D eigenvalue weighted by molar-refractivity contribution is 14.1. The second-order valence-corrected chi connectivity index (χ2v) is 9.65. The summed E-state index contributed by atoms with van der Waals surface area (Å²) in [5, 5.41) is 11.3. The lowest BCUT2D eigenvalue weighted by Crippen LogP contribution is -2.53. The highest BCUT2D eigenvalue weighted by atomic mass is 127. The van der Waals surface area contributed by atoms with E-state index in [1.165, 1.54) is 25.7 Å². The Morgan fingerprint density at radius 3 is 2.70 bits per heavy atom. The van der Waals surface area contributed by atoms with Crippen LogP contribution in [0.3, 0.4) is 0 Å². The minimum atomic E-state index is -0.594.